The molecule has 204 valence electrons. The van der Waals surface area contributed by atoms with Gasteiger partial charge in [-0.05, 0) is 71.6 Å². The number of rotatable bonds is 5. The SMILES string of the molecule is Cc1ccccc1-c1cc(N2CCOCC2)nc2ccc(OCc3cc(C(F)(F)F)cc(C(F)(F)F)c3)cc12. The number of hydrogen-bond acceptors (Lipinski definition) is 4. The zero-order valence-corrected chi connectivity index (χ0v) is 20.9. The summed E-state index contributed by atoms with van der Waals surface area (Å²) >= 11 is 0. The molecule has 4 aromatic rings. The lowest BCUT2D eigenvalue weighted by Gasteiger charge is -2.28. The summed E-state index contributed by atoms with van der Waals surface area (Å²) in [6, 6.07) is 16.3. The van der Waals surface area contributed by atoms with Crippen molar-refractivity contribution in [3.8, 4) is 16.9 Å². The highest BCUT2D eigenvalue weighted by molar-refractivity contribution is 5.97. The number of nitrogens with zero attached hydrogens (tertiary/aromatic N) is 2. The minimum atomic E-state index is -4.93. The molecule has 1 saturated heterocycles. The summed E-state index contributed by atoms with van der Waals surface area (Å²) < 4.78 is 90.7. The van der Waals surface area contributed by atoms with E-state index in [-0.39, 0.29) is 11.6 Å². The molecule has 4 nitrogen and oxygen atoms in total. The summed E-state index contributed by atoms with van der Waals surface area (Å²) in [5.41, 5.74) is 0.591. The number of alkyl halides is 6. The van der Waals surface area contributed by atoms with Crippen molar-refractivity contribution in [2.24, 2.45) is 0 Å². The fraction of sp³-hybridized carbons (Fsp3) is 0.276. The molecule has 5 rings (SSSR count). The number of ether oxygens (including phenoxy) is 2. The molecule has 0 aliphatic carbocycles. The molecule has 2 heterocycles. The molecule has 39 heavy (non-hydrogen) atoms. The van der Waals surface area contributed by atoms with Crippen LogP contribution in [0.3, 0.4) is 0 Å². The fourth-order valence-corrected chi connectivity index (χ4v) is 4.60. The number of pyridine rings is 1. The molecule has 1 aromatic heterocycles. The number of anilines is 1. The Morgan fingerprint density at radius 1 is 0.821 bits per heavy atom. The van der Waals surface area contributed by atoms with Gasteiger partial charge in [-0.3, -0.25) is 0 Å². The zero-order chi connectivity index (χ0) is 27.8. The van der Waals surface area contributed by atoms with Crippen LogP contribution in [0.4, 0.5) is 32.2 Å². The highest BCUT2D eigenvalue weighted by Gasteiger charge is 2.37. The third-order valence-corrected chi connectivity index (χ3v) is 6.59. The molecular weight excluding hydrogens is 522 g/mol. The van der Waals surface area contributed by atoms with E-state index in [2.05, 4.69) is 4.90 Å². The van der Waals surface area contributed by atoms with Gasteiger partial charge >= 0.3 is 12.4 Å². The van der Waals surface area contributed by atoms with Crippen LogP contribution in [0, 0.1) is 6.92 Å². The Morgan fingerprint density at radius 3 is 2.13 bits per heavy atom. The summed E-state index contributed by atoms with van der Waals surface area (Å²) in [7, 11) is 0. The summed E-state index contributed by atoms with van der Waals surface area (Å²) in [6.45, 7) is 4.10. The van der Waals surface area contributed by atoms with Gasteiger partial charge in [0.15, 0.2) is 0 Å². The van der Waals surface area contributed by atoms with Crippen molar-refractivity contribution in [1.82, 2.24) is 4.98 Å². The van der Waals surface area contributed by atoms with Gasteiger partial charge in [0.25, 0.3) is 0 Å². The molecule has 1 aliphatic rings. The molecule has 0 atom stereocenters. The Balaban J connectivity index is 1.52. The molecule has 0 radical (unpaired) electrons. The lowest BCUT2D eigenvalue weighted by molar-refractivity contribution is -0.143. The number of morpholine rings is 1. The largest absolute Gasteiger partial charge is 0.489 e. The average molecular weight is 547 g/mol. The minimum absolute atomic E-state index is 0.103. The number of benzene rings is 3. The van der Waals surface area contributed by atoms with Crippen LogP contribution < -0.4 is 9.64 Å². The van der Waals surface area contributed by atoms with Crippen LogP contribution in [0.2, 0.25) is 0 Å². The van der Waals surface area contributed by atoms with Gasteiger partial charge in [0.1, 0.15) is 18.2 Å². The van der Waals surface area contributed by atoms with E-state index >= 15 is 0 Å². The van der Waals surface area contributed by atoms with Crippen LogP contribution in [0.25, 0.3) is 22.0 Å². The number of aromatic nitrogens is 1. The highest BCUT2D eigenvalue weighted by atomic mass is 19.4. The maximum absolute atomic E-state index is 13.3. The quantitative estimate of drug-likeness (QED) is 0.241. The molecule has 0 unspecified atom stereocenters. The van der Waals surface area contributed by atoms with Crippen molar-refractivity contribution in [3.05, 3.63) is 89.0 Å². The van der Waals surface area contributed by atoms with Crippen molar-refractivity contribution in [3.63, 3.8) is 0 Å². The molecule has 1 aliphatic heterocycles. The van der Waals surface area contributed by atoms with E-state index in [1.807, 2.05) is 37.3 Å². The number of hydrogen-bond donors (Lipinski definition) is 0. The Bertz CT molecular complexity index is 1460. The topological polar surface area (TPSA) is 34.6 Å². The normalized spacial score (nSPS) is 14.6. The first kappa shape index (κ1) is 26.8. The van der Waals surface area contributed by atoms with Gasteiger partial charge in [0.05, 0.1) is 29.9 Å². The summed E-state index contributed by atoms with van der Waals surface area (Å²) in [5, 5.41) is 0.749. The van der Waals surface area contributed by atoms with Crippen molar-refractivity contribution in [2.75, 3.05) is 31.2 Å². The molecule has 10 heteroatoms. The first-order chi connectivity index (χ1) is 18.5. The molecule has 3 aromatic carbocycles. The van der Waals surface area contributed by atoms with Crippen molar-refractivity contribution in [2.45, 2.75) is 25.9 Å². The highest BCUT2D eigenvalue weighted by Crippen LogP contribution is 2.38. The van der Waals surface area contributed by atoms with Gasteiger partial charge < -0.3 is 14.4 Å². The van der Waals surface area contributed by atoms with Gasteiger partial charge in [-0.25, -0.2) is 4.98 Å². The predicted molar refractivity (Wildman–Crippen MR) is 136 cm³/mol. The molecule has 0 saturated carbocycles. The van der Waals surface area contributed by atoms with E-state index < -0.39 is 30.1 Å². The molecule has 1 fully saturated rings. The van der Waals surface area contributed by atoms with E-state index in [0.29, 0.717) is 49.7 Å². The van der Waals surface area contributed by atoms with Crippen LogP contribution in [-0.2, 0) is 23.7 Å². The van der Waals surface area contributed by atoms with E-state index in [9.17, 15) is 26.3 Å². The minimum Gasteiger partial charge on any atom is -0.489 e. The Morgan fingerprint density at radius 2 is 1.49 bits per heavy atom. The molecule has 0 amide bonds. The third kappa shape index (κ3) is 5.95. The van der Waals surface area contributed by atoms with E-state index in [4.69, 9.17) is 14.5 Å². The number of halogens is 6. The predicted octanol–water partition coefficient (Wildman–Crippen LogP) is 7.66. The lowest BCUT2D eigenvalue weighted by Crippen LogP contribution is -2.36. The Hall–Kier alpha value is -3.79. The lowest BCUT2D eigenvalue weighted by atomic mass is 9.97. The zero-order valence-electron chi connectivity index (χ0n) is 20.9. The second kappa shape index (κ2) is 10.4. The van der Waals surface area contributed by atoms with Crippen molar-refractivity contribution >= 4 is 16.7 Å². The smallest absolute Gasteiger partial charge is 0.416 e. The summed E-state index contributed by atoms with van der Waals surface area (Å²) in [4.78, 5) is 6.96. The third-order valence-electron chi connectivity index (χ3n) is 6.59. The van der Waals surface area contributed by atoms with Crippen LogP contribution in [0.15, 0.2) is 66.7 Å². The Kier molecular flexibility index (Phi) is 7.15. The molecule has 0 N–H and O–H groups in total. The summed E-state index contributed by atoms with van der Waals surface area (Å²) in [6.07, 6.45) is -9.85. The second-order valence-electron chi connectivity index (χ2n) is 9.32. The second-order valence-corrected chi connectivity index (χ2v) is 9.32. The number of aryl methyl sites for hydroxylation is 1. The number of fused-ring (bicyclic) bond motifs is 1. The maximum Gasteiger partial charge on any atom is 0.416 e. The summed E-state index contributed by atoms with van der Waals surface area (Å²) in [5.74, 6) is 1.09. The van der Waals surface area contributed by atoms with Gasteiger partial charge in [-0.15, -0.1) is 0 Å². The molecular formula is C29H24F6N2O2. The van der Waals surface area contributed by atoms with E-state index in [0.717, 1.165) is 27.9 Å². The van der Waals surface area contributed by atoms with Crippen LogP contribution in [0.5, 0.6) is 5.75 Å². The van der Waals surface area contributed by atoms with E-state index in [1.165, 1.54) is 0 Å². The van der Waals surface area contributed by atoms with Crippen LogP contribution in [-0.4, -0.2) is 31.3 Å². The van der Waals surface area contributed by atoms with Crippen LogP contribution >= 0.6 is 0 Å². The molecule has 0 spiro atoms. The van der Waals surface area contributed by atoms with Gasteiger partial charge in [0, 0.05) is 18.5 Å². The fourth-order valence-electron chi connectivity index (χ4n) is 4.60. The standard InChI is InChI=1S/C29H24F6N2O2/c1-18-4-2-3-5-23(18)24-16-27(37-8-10-38-11-9-37)36-26-7-6-22(15-25(24)26)39-17-19-12-20(28(30,31)32)14-21(13-19)29(33,34)35/h2-7,12-16H,8-11,17H2,1H3. The van der Waals surface area contributed by atoms with Gasteiger partial charge in [-0.2, -0.15) is 26.3 Å². The van der Waals surface area contributed by atoms with Gasteiger partial charge in [0.2, 0.25) is 0 Å². The van der Waals surface area contributed by atoms with Gasteiger partial charge in [-0.1, -0.05) is 24.3 Å². The first-order valence-electron chi connectivity index (χ1n) is 12.2. The van der Waals surface area contributed by atoms with E-state index in [1.54, 1.807) is 18.2 Å². The maximum atomic E-state index is 13.3. The van der Waals surface area contributed by atoms with Crippen LogP contribution in [0.1, 0.15) is 22.3 Å². The Labute approximate surface area is 220 Å². The first-order valence-corrected chi connectivity index (χ1v) is 12.2. The molecule has 0 bridgehead atoms. The monoisotopic (exact) mass is 546 g/mol. The van der Waals surface area contributed by atoms with Crippen molar-refractivity contribution in [1.29, 1.82) is 0 Å². The average Bonchev–Trinajstić information content (AvgIpc) is 2.91. The van der Waals surface area contributed by atoms with Crippen molar-refractivity contribution < 1.29 is 35.8 Å².